The Bertz CT molecular complexity index is 1980. The van der Waals surface area contributed by atoms with Gasteiger partial charge in [0.05, 0.1) is 11.0 Å². The Kier molecular flexibility index (Phi) is 15.2. The lowest BCUT2D eigenvalue weighted by molar-refractivity contribution is -0.386. The molecule has 0 spiro atoms. The van der Waals surface area contributed by atoms with E-state index in [1.54, 1.807) is 36.4 Å². The number of aliphatic hydroxyl groups excluding tert-OH is 1. The molecule has 278 valence electrons. The lowest BCUT2D eigenvalue weighted by atomic mass is 10.1. The van der Waals surface area contributed by atoms with Crippen molar-refractivity contribution in [2.75, 3.05) is 19.6 Å². The number of phenols is 2. The molecule has 0 radical (unpaired) electrons. The summed E-state index contributed by atoms with van der Waals surface area (Å²) in [7, 11) is 0. The van der Waals surface area contributed by atoms with E-state index in [0.717, 1.165) is 42.6 Å². The number of hydrogen-bond acceptors (Lipinski definition) is 8. The van der Waals surface area contributed by atoms with Crippen molar-refractivity contribution in [2.45, 2.75) is 38.6 Å². The Balaban J connectivity index is 0.000000274. The minimum absolute atomic E-state index is 0.165. The van der Waals surface area contributed by atoms with Crippen LogP contribution >= 0.6 is 0 Å². The number of rotatable bonds is 17. The Morgan fingerprint density at radius 2 is 1.19 bits per heavy atom. The zero-order chi connectivity index (χ0) is 38.0. The van der Waals surface area contributed by atoms with Gasteiger partial charge in [0.2, 0.25) is 0 Å². The first kappa shape index (κ1) is 39.2. The Labute approximate surface area is 316 Å². The van der Waals surface area contributed by atoms with Crippen LogP contribution in [0.1, 0.15) is 39.5 Å². The number of hydrogen-bond donors (Lipinski definition) is 4. The maximum atomic E-state index is 11.8. The molecule has 0 aromatic heterocycles. The molecule has 0 aliphatic carbocycles. The average Bonchev–Trinajstić information content (AvgIpc) is 3.20. The van der Waals surface area contributed by atoms with Gasteiger partial charge in [0.15, 0.2) is 5.75 Å². The van der Waals surface area contributed by atoms with Crippen LogP contribution in [0.2, 0.25) is 0 Å². The van der Waals surface area contributed by atoms with Crippen molar-refractivity contribution in [2.24, 2.45) is 0 Å². The van der Waals surface area contributed by atoms with Crippen LogP contribution in [0.5, 0.6) is 17.2 Å². The molecule has 0 aliphatic rings. The molecule has 1 unspecified atom stereocenters. The lowest BCUT2D eigenvalue weighted by Gasteiger charge is -2.25. The van der Waals surface area contributed by atoms with E-state index in [-0.39, 0.29) is 23.8 Å². The summed E-state index contributed by atoms with van der Waals surface area (Å²) in [4.78, 5) is 13.4. The third-order valence-electron chi connectivity index (χ3n) is 8.83. The van der Waals surface area contributed by atoms with Crippen LogP contribution in [-0.2, 0) is 32.5 Å². The molecule has 1 atom stereocenters. The molecule has 6 aromatic carbocycles. The van der Waals surface area contributed by atoms with Crippen LogP contribution in [0.15, 0.2) is 158 Å². The number of benzene rings is 6. The van der Waals surface area contributed by atoms with Gasteiger partial charge < -0.3 is 25.4 Å². The van der Waals surface area contributed by atoms with E-state index in [1.165, 1.54) is 17.2 Å². The molecular weight excluding hydrogens is 679 g/mol. The van der Waals surface area contributed by atoms with E-state index < -0.39 is 11.0 Å². The maximum Gasteiger partial charge on any atom is 0.311 e. The van der Waals surface area contributed by atoms with Gasteiger partial charge >= 0.3 is 5.69 Å². The number of ether oxygens (including phenoxy) is 1. The van der Waals surface area contributed by atoms with Crippen molar-refractivity contribution in [3.05, 3.63) is 201 Å². The van der Waals surface area contributed by atoms with Gasteiger partial charge in [0, 0.05) is 32.2 Å². The number of nitro benzene ring substituents is 1. The van der Waals surface area contributed by atoms with Gasteiger partial charge in [-0.15, -0.1) is 0 Å². The fraction of sp³-hybridized carbons (Fsp3) is 0.200. The summed E-state index contributed by atoms with van der Waals surface area (Å²) in [5, 5.41) is 44.9. The molecule has 0 saturated heterocycles. The molecule has 6 rings (SSSR count). The van der Waals surface area contributed by atoms with Gasteiger partial charge in [-0.2, -0.15) is 0 Å². The number of nitrogens with zero attached hydrogens (tertiary/aromatic N) is 2. The van der Waals surface area contributed by atoms with Crippen LogP contribution in [0.3, 0.4) is 0 Å². The molecule has 0 aliphatic heterocycles. The number of nitrogens with one attached hydrogen (secondary N) is 1. The highest BCUT2D eigenvalue weighted by Crippen LogP contribution is 2.31. The predicted molar refractivity (Wildman–Crippen MR) is 212 cm³/mol. The normalized spacial score (nSPS) is 11.4. The van der Waals surface area contributed by atoms with E-state index >= 15 is 0 Å². The van der Waals surface area contributed by atoms with Gasteiger partial charge in [0.25, 0.3) is 0 Å². The van der Waals surface area contributed by atoms with Crippen molar-refractivity contribution < 1.29 is 25.0 Å². The summed E-state index contributed by atoms with van der Waals surface area (Å²) >= 11 is 0. The highest BCUT2D eigenvalue weighted by Gasteiger charge is 2.21. The van der Waals surface area contributed by atoms with Gasteiger partial charge in [-0.1, -0.05) is 121 Å². The van der Waals surface area contributed by atoms with Crippen molar-refractivity contribution in [1.82, 2.24) is 10.2 Å². The van der Waals surface area contributed by atoms with Gasteiger partial charge in [-0.25, -0.2) is 0 Å². The molecule has 0 saturated carbocycles. The lowest BCUT2D eigenvalue weighted by Crippen LogP contribution is -2.30. The quantitative estimate of drug-likeness (QED) is 0.0420. The summed E-state index contributed by atoms with van der Waals surface area (Å²) in [5.41, 5.74) is 5.91. The minimum atomic E-state index is -0.926. The van der Waals surface area contributed by atoms with Crippen molar-refractivity contribution in [1.29, 1.82) is 0 Å². The molecular formula is C45H47N3O6. The first-order valence-corrected chi connectivity index (χ1v) is 18.0. The second kappa shape index (κ2) is 20.9. The van der Waals surface area contributed by atoms with E-state index in [0.29, 0.717) is 30.9 Å². The highest BCUT2D eigenvalue weighted by molar-refractivity contribution is 5.49. The summed E-state index contributed by atoms with van der Waals surface area (Å²) in [6, 6.07) is 48.9. The fourth-order valence-corrected chi connectivity index (χ4v) is 5.84. The molecule has 0 bridgehead atoms. The summed E-state index contributed by atoms with van der Waals surface area (Å²) in [6.07, 6.45) is 0.782. The minimum Gasteiger partial charge on any atom is -0.508 e. The molecule has 54 heavy (non-hydrogen) atoms. The predicted octanol–water partition coefficient (Wildman–Crippen LogP) is 8.38. The monoisotopic (exact) mass is 725 g/mol. The Hall–Kier alpha value is -6.00. The second-order valence-electron chi connectivity index (χ2n) is 13.0. The third-order valence-corrected chi connectivity index (χ3v) is 8.83. The average molecular weight is 726 g/mol. The van der Waals surface area contributed by atoms with E-state index in [4.69, 9.17) is 9.84 Å². The van der Waals surface area contributed by atoms with E-state index in [9.17, 15) is 20.3 Å². The van der Waals surface area contributed by atoms with Crippen molar-refractivity contribution >= 4 is 5.69 Å². The van der Waals surface area contributed by atoms with Gasteiger partial charge in [0.1, 0.15) is 18.1 Å². The number of phenolic OH excluding ortho intramolecular Hbond substituents is 2. The van der Waals surface area contributed by atoms with Gasteiger partial charge in [-0.05, 0) is 83.1 Å². The topological polar surface area (TPSA) is 128 Å². The summed E-state index contributed by atoms with van der Waals surface area (Å²) in [5.74, 6) is 0.711. The Morgan fingerprint density at radius 3 is 1.76 bits per heavy atom. The first-order valence-electron chi connectivity index (χ1n) is 18.0. The standard InChI is InChI=1S/C30H30N2O5.C15H17NO/c33-27-14-11-23(12-15-27)17-18-31(20-24-7-3-1-4-8-24)21-29(34)26-13-16-30(28(19-26)32(35)36)37-22-25-9-5-2-6-10-25;17-15-8-6-13(7-9-15)10-11-16-12-14-4-2-1-3-5-14/h1-16,19,29,33-34H,17-18,20-22H2;1-9,16-17H,10-12H2. The third kappa shape index (κ3) is 13.2. The molecule has 0 heterocycles. The SMILES string of the molecule is O=[N+]([O-])c1cc(C(O)CN(CCc2ccc(O)cc2)Cc2ccccc2)ccc1OCc1ccccc1.Oc1ccc(CCNCc2ccccc2)cc1. The largest absolute Gasteiger partial charge is 0.508 e. The number of aliphatic hydroxyl groups is 1. The van der Waals surface area contributed by atoms with Crippen LogP contribution in [0.4, 0.5) is 5.69 Å². The maximum absolute atomic E-state index is 11.8. The molecule has 6 aromatic rings. The Morgan fingerprint density at radius 1 is 0.648 bits per heavy atom. The zero-order valence-corrected chi connectivity index (χ0v) is 30.2. The van der Waals surface area contributed by atoms with Crippen LogP contribution in [-0.4, -0.2) is 44.8 Å². The zero-order valence-electron chi connectivity index (χ0n) is 30.2. The molecule has 4 N–H and O–H groups in total. The molecule has 0 amide bonds. The van der Waals surface area contributed by atoms with Crippen LogP contribution in [0, 0.1) is 10.1 Å². The number of aromatic hydroxyl groups is 2. The van der Waals surface area contributed by atoms with Crippen LogP contribution < -0.4 is 10.1 Å². The molecule has 0 fully saturated rings. The molecule has 9 nitrogen and oxygen atoms in total. The highest BCUT2D eigenvalue weighted by atomic mass is 16.6. The van der Waals surface area contributed by atoms with Crippen molar-refractivity contribution in [3.63, 3.8) is 0 Å². The number of nitro groups is 1. The summed E-state index contributed by atoms with van der Waals surface area (Å²) in [6.45, 7) is 3.64. The van der Waals surface area contributed by atoms with E-state index in [1.807, 2.05) is 91.0 Å². The van der Waals surface area contributed by atoms with Gasteiger partial charge in [-0.3, -0.25) is 15.0 Å². The summed E-state index contributed by atoms with van der Waals surface area (Å²) < 4.78 is 5.72. The first-order chi connectivity index (χ1) is 26.3. The van der Waals surface area contributed by atoms with Crippen LogP contribution in [0.25, 0.3) is 0 Å². The second-order valence-corrected chi connectivity index (χ2v) is 13.0. The molecule has 9 heteroatoms. The smallest absolute Gasteiger partial charge is 0.311 e. The van der Waals surface area contributed by atoms with Crippen molar-refractivity contribution in [3.8, 4) is 17.2 Å². The fourth-order valence-electron chi connectivity index (χ4n) is 5.84. The van der Waals surface area contributed by atoms with E-state index in [2.05, 4.69) is 34.5 Å².